The van der Waals surface area contributed by atoms with Crippen molar-refractivity contribution >= 4 is 16.7 Å². The Balaban J connectivity index is 1.55. The molecule has 0 spiro atoms. The third-order valence-electron chi connectivity index (χ3n) is 6.30. The molecule has 0 aliphatic carbocycles. The van der Waals surface area contributed by atoms with Gasteiger partial charge in [-0.2, -0.15) is 23.4 Å². The van der Waals surface area contributed by atoms with Crippen LogP contribution in [0.15, 0.2) is 65.9 Å². The second kappa shape index (κ2) is 8.81. The summed E-state index contributed by atoms with van der Waals surface area (Å²) in [5.74, 6) is -0.0929. The van der Waals surface area contributed by atoms with Crippen molar-refractivity contribution in [2.75, 3.05) is 7.11 Å². The molecule has 0 saturated carbocycles. The molecule has 0 saturated heterocycles. The van der Waals surface area contributed by atoms with Crippen LogP contribution >= 0.6 is 0 Å². The summed E-state index contributed by atoms with van der Waals surface area (Å²) in [6.07, 6.45) is -2.06. The summed E-state index contributed by atoms with van der Waals surface area (Å²) in [6, 6.07) is 11.9. The molecule has 0 amide bonds. The minimum atomic E-state index is -4.44. The number of rotatable bonds is 6. The molecule has 9 heteroatoms. The summed E-state index contributed by atoms with van der Waals surface area (Å²) in [5.41, 5.74) is 4.56. The molecular weight excluding hydrogens is 457 g/mol. The van der Waals surface area contributed by atoms with Crippen LogP contribution in [-0.4, -0.2) is 32.9 Å². The molecule has 180 valence electrons. The summed E-state index contributed by atoms with van der Waals surface area (Å²) >= 11 is 0. The molecule has 2 aromatic carbocycles. The Bertz CT molecular complexity index is 1430. The van der Waals surface area contributed by atoms with Gasteiger partial charge < -0.3 is 4.74 Å². The summed E-state index contributed by atoms with van der Waals surface area (Å²) in [4.78, 5) is 13.7. The average Bonchev–Trinajstić information content (AvgIpc) is 3.43. The fourth-order valence-corrected chi connectivity index (χ4v) is 4.72. The van der Waals surface area contributed by atoms with Gasteiger partial charge in [0.15, 0.2) is 5.78 Å². The van der Waals surface area contributed by atoms with Crippen molar-refractivity contribution in [3.05, 3.63) is 94.0 Å². The molecule has 0 bridgehead atoms. The number of nitrogens with zero attached hydrogens (tertiary/aromatic N) is 3. The highest BCUT2D eigenvalue weighted by Gasteiger charge is 2.34. The van der Waals surface area contributed by atoms with Crippen molar-refractivity contribution in [3.63, 3.8) is 0 Å². The van der Waals surface area contributed by atoms with Crippen LogP contribution in [0.3, 0.4) is 0 Å². The van der Waals surface area contributed by atoms with Crippen molar-refractivity contribution in [1.82, 2.24) is 20.0 Å². The first-order chi connectivity index (χ1) is 16.7. The Morgan fingerprint density at radius 1 is 1.17 bits per heavy atom. The van der Waals surface area contributed by atoms with Crippen molar-refractivity contribution < 1.29 is 22.7 Å². The van der Waals surface area contributed by atoms with Crippen LogP contribution in [0.1, 0.15) is 41.0 Å². The highest BCUT2D eigenvalue weighted by molar-refractivity contribution is 5.99. The minimum Gasteiger partial charge on any atom is -0.378 e. The number of carbonyl (C=O) groups is 1. The quantitative estimate of drug-likeness (QED) is 0.412. The second-order valence-corrected chi connectivity index (χ2v) is 8.79. The Labute approximate surface area is 199 Å². The van der Waals surface area contributed by atoms with Gasteiger partial charge in [-0.3, -0.25) is 14.6 Å². The number of H-pyrrole nitrogens is 1. The number of benzene rings is 2. The smallest absolute Gasteiger partial charge is 0.378 e. The standard InChI is InChI=1S/C26H23F3N4O2/c1-15-9-21-12-20(14-35-2)32-33(21)25(17-4-6-19(7-5-17)26(27,28)29)24(15)23(34)11-16-3-8-22-18(10-16)13-30-31-22/h3-8,10,12-13,25H,9,11,14H2,1-2H3,(H,30,31). The number of halogens is 3. The molecule has 1 atom stereocenters. The van der Waals surface area contributed by atoms with Gasteiger partial charge in [0, 0.05) is 36.6 Å². The van der Waals surface area contributed by atoms with Crippen molar-refractivity contribution in [1.29, 1.82) is 0 Å². The fourth-order valence-electron chi connectivity index (χ4n) is 4.72. The average molecular weight is 480 g/mol. The lowest BCUT2D eigenvalue weighted by Gasteiger charge is -2.29. The molecule has 4 aromatic rings. The maximum absolute atomic E-state index is 13.7. The molecular formula is C26H23F3N4O2. The van der Waals surface area contributed by atoms with E-state index < -0.39 is 17.8 Å². The van der Waals surface area contributed by atoms with E-state index in [0.29, 0.717) is 29.9 Å². The van der Waals surface area contributed by atoms with E-state index in [0.717, 1.165) is 39.9 Å². The molecule has 1 N–H and O–H groups in total. The Kier molecular flexibility index (Phi) is 5.80. The first-order valence-electron chi connectivity index (χ1n) is 11.1. The van der Waals surface area contributed by atoms with Gasteiger partial charge in [-0.1, -0.05) is 23.8 Å². The molecule has 35 heavy (non-hydrogen) atoms. The maximum atomic E-state index is 13.7. The van der Waals surface area contributed by atoms with E-state index in [1.54, 1.807) is 18.0 Å². The normalized spacial score (nSPS) is 16.1. The molecule has 2 aromatic heterocycles. The van der Waals surface area contributed by atoms with Gasteiger partial charge in [0.25, 0.3) is 0 Å². The van der Waals surface area contributed by atoms with Gasteiger partial charge in [-0.05, 0) is 48.4 Å². The number of ether oxygens (including phenoxy) is 1. The molecule has 1 aliphatic heterocycles. The van der Waals surface area contributed by atoms with Gasteiger partial charge >= 0.3 is 6.18 Å². The molecule has 1 aliphatic rings. The van der Waals surface area contributed by atoms with E-state index in [9.17, 15) is 18.0 Å². The molecule has 6 nitrogen and oxygen atoms in total. The summed E-state index contributed by atoms with van der Waals surface area (Å²) < 4.78 is 46.5. The van der Waals surface area contributed by atoms with E-state index in [-0.39, 0.29) is 12.2 Å². The summed E-state index contributed by atoms with van der Waals surface area (Å²) in [6.45, 7) is 2.20. The largest absolute Gasteiger partial charge is 0.416 e. The fraction of sp³-hybridized carbons (Fsp3) is 0.269. The van der Waals surface area contributed by atoms with E-state index >= 15 is 0 Å². The molecule has 0 radical (unpaired) electrons. The molecule has 3 heterocycles. The first-order valence-corrected chi connectivity index (χ1v) is 11.1. The number of methoxy groups -OCH3 is 1. The number of allylic oxidation sites excluding steroid dienone is 2. The van der Waals surface area contributed by atoms with E-state index in [2.05, 4.69) is 15.3 Å². The Hall–Kier alpha value is -3.72. The van der Waals surface area contributed by atoms with Crippen molar-refractivity contribution in [2.45, 2.75) is 38.6 Å². The lowest BCUT2D eigenvalue weighted by Crippen LogP contribution is -2.28. The van der Waals surface area contributed by atoms with Gasteiger partial charge in [0.2, 0.25) is 0 Å². The number of carbonyl (C=O) groups excluding carboxylic acids is 1. The first kappa shape index (κ1) is 23.0. The maximum Gasteiger partial charge on any atom is 0.416 e. The number of aromatic nitrogens is 4. The predicted molar refractivity (Wildman–Crippen MR) is 124 cm³/mol. The predicted octanol–water partition coefficient (Wildman–Crippen LogP) is 5.20. The van der Waals surface area contributed by atoms with Crippen molar-refractivity contribution in [2.24, 2.45) is 0 Å². The van der Waals surface area contributed by atoms with Crippen LogP contribution in [0, 0.1) is 0 Å². The number of nitrogens with one attached hydrogen (secondary N) is 1. The highest BCUT2D eigenvalue weighted by atomic mass is 19.4. The van der Waals surface area contributed by atoms with Crippen LogP contribution in [0.5, 0.6) is 0 Å². The Morgan fingerprint density at radius 2 is 1.94 bits per heavy atom. The lowest BCUT2D eigenvalue weighted by molar-refractivity contribution is -0.137. The zero-order valence-corrected chi connectivity index (χ0v) is 19.2. The third kappa shape index (κ3) is 4.39. The number of alkyl halides is 3. The number of hydrogen-bond donors (Lipinski definition) is 1. The zero-order chi connectivity index (χ0) is 24.7. The topological polar surface area (TPSA) is 72.8 Å². The number of fused-ring (bicyclic) bond motifs is 2. The Morgan fingerprint density at radius 3 is 2.66 bits per heavy atom. The van der Waals surface area contributed by atoms with Gasteiger partial charge in [0.1, 0.15) is 6.04 Å². The SMILES string of the molecule is COCc1cc2n(n1)C(c1ccc(C(F)(F)F)cc1)C(C(=O)Cc1ccc3[nH]ncc3c1)=C(C)C2. The zero-order valence-electron chi connectivity index (χ0n) is 19.2. The highest BCUT2D eigenvalue weighted by Crippen LogP contribution is 2.38. The van der Waals surface area contributed by atoms with Crippen LogP contribution in [-0.2, 0) is 35.2 Å². The monoisotopic (exact) mass is 480 g/mol. The number of Topliss-reactive ketones (excluding diaryl/α,β-unsaturated/α-hetero) is 1. The second-order valence-electron chi connectivity index (χ2n) is 8.79. The van der Waals surface area contributed by atoms with E-state index in [4.69, 9.17) is 4.74 Å². The van der Waals surface area contributed by atoms with Crippen LogP contribution in [0.25, 0.3) is 10.9 Å². The lowest BCUT2D eigenvalue weighted by atomic mass is 9.85. The van der Waals surface area contributed by atoms with Crippen LogP contribution < -0.4 is 0 Å². The van der Waals surface area contributed by atoms with Crippen LogP contribution in [0.2, 0.25) is 0 Å². The molecule has 5 rings (SSSR count). The van der Waals surface area contributed by atoms with Gasteiger partial charge in [0.05, 0.1) is 29.6 Å². The minimum absolute atomic E-state index is 0.0929. The van der Waals surface area contributed by atoms with Gasteiger partial charge in [-0.15, -0.1) is 0 Å². The number of aromatic amines is 1. The van der Waals surface area contributed by atoms with E-state index in [1.165, 1.54) is 12.1 Å². The molecule has 1 unspecified atom stereocenters. The molecule has 0 fully saturated rings. The summed E-state index contributed by atoms with van der Waals surface area (Å²) in [7, 11) is 1.57. The van der Waals surface area contributed by atoms with Crippen molar-refractivity contribution in [3.8, 4) is 0 Å². The van der Waals surface area contributed by atoms with Crippen LogP contribution in [0.4, 0.5) is 13.2 Å². The van der Waals surface area contributed by atoms with E-state index in [1.807, 2.05) is 31.2 Å². The number of hydrogen-bond acceptors (Lipinski definition) is 4. The summed E-state index contributed by atoms with van der Waals surface area (Å²) in [5, 5.41) is 12.5. The third-order valence-corrected chi connectivity index (χ3v) is 6.30. The number of ketones is 1. The van der Waals surface area contributed by atoms with Gasteiger partial charge in [-0.25, -0.2) is 0 Å².